The molecule has 102 valence electrons. The van der Waals surface area contributed by atoms with E-state index in [1.165, 1.54) is 12.1 Å². The van der Waals surface area contributed by atoms with Crippen molar-refractivity contribution in [1.82, 2.24) is 0 Å². The van der Waals surface area contributed by atoms with Crippen molar-refractivity contribution in [3.05, 3.63) is 33.9 Å². The van der Waals surface area contributed by atoms with Crippen LogP contribution in [-0.4, -0.2) is 24.7 Å². The van der Waals surface area contributed by atoms with E-state index in [4.69, 9.17) is 10.00 Å². The first-order valence-corrected chi connectivity index (χ1v) is 6.04. The molecule has 0 saturated carbocycles. The molecule has 0 radical (unpaired) electrons. The fourth-order valence-electron chi connectivity index (χ4n) is 1.48. The van der Waals surface area contributed by atoms with E-state index in [0.717, 1.165) is 0 Å². The van der Waals surface area contributed by atoms with Crippen LogP contribution in [-0.2, 0) is 4.74 Å². The molecule has 1 rings (SSSR count). The quantitative estimate of drug-likeness (QED) is 0.464. The summed E-state index contributed by atoms with van der Waals surface area (Å²) in [6.45, 7) is 5.99. The number of nitrogens with one attached hydrogen (secondary N) is 1. The standard InChI is InChI=1S/C13H17N3O3/c1-10(2)9-19-6-5-15-12-3-4-13(16(17)18)11(7-12)8-14/h3-4,7,10,15H,5-6,9H2,1-2H3. The third-order valence-electron chi connectivity index (χ3n) is 2.34. The fraction of sp³-hybridized carbons (Fsp3) is 0.462. The van der Waals surface area contributed by atoms with E-state index in [1.807, 2.05) is 6.07 Å². The molecule has 0 aliphatic rings. The minimum atomic E-state index is -0.561. The first-order chi connectivity index (χ1) is 9.04. The van der Waals surface area contributed by atoms with Gasteiger partial charge in [-0.05, 0) is 18.1 Å². The summed E-state index contributed by atoms with van der Waals surface area (Å²) in [5.41, 5.74) is 0.553. The molecule has 1 N–H and O–H groups in total. The van der Waals surface area contributed by atoms with E-state index in [-0.39, 0.29) is 11.3 Å². The number of hydrogen-bond acceptors (Lipinski definition) is 5. The van der Waals surface area contributed by atoms with Gasteiger partial charge in [0.25, 0.3) is 5.69 Å². The van der Waals surface area contributed by atoms with Crippen LogP contribution in [0.2, 0.25) is 0 Å². The summed E-state index contributed by atoms with van der Waals surface area (Å²) in [5, 5.41) is 22.6. The molecule has 0 spiro atoms. The Morgan fingerprint density at radius 3 is 2.84 bits per heavy atom. The molecule has 0 aliphatic heterocycles. The molecule has 0 aliphatic carbocycles. The highest BCUT2D eigenvalue weighted by molar-refractivity contribution is 5.58. The number of nitro groups is 1. The highest BCUT2D eigenvalue weighted by Gasteiger charge is 2.13. The van der Waals surface area contributed by atoms with Crippen molar-refractivity contribution in [2.45, 2.75) is 13.8 Å². The second-order valence-electron chi connectivity index (χ2n) is 4.50. The average molecular weight is 263 g/mol. The van der Waals surface area contributed by atoms with Gasteiger partial charge in [0, 0.05) is 24.9 Å². The zero-order chi connectivity index (χ0) is 14.3. The number of rotatable bonds is 7. The second-order valence-corrected chi connectivity index (χ2v) is 4.50. The molecule has 0 atom stereocenters. The summed E-state index contributed by atoms with van der Waals surface area (Å²) in [4.78, 5) is 10.1. The van der Waals surface area contributed by atoms with Crippen LogP contribution in [0.15, 0.2) is 18.2 Å². The highest BCUT2D eigenvalue weighted by Crippen LogP contribution is 2.21. The van der Waals surface area contributed by atoms with E-state index >= 15 is 0 Å². The number of nitriles is 1. The Balaban J connectivity index is 2.52. The van der Waals surface area contributed by atoms with Gasteiger partial charge in [-0.1, -0.05) is 13.8 Å². The molecule has 19 heavy (non-hydrogen) atoms. The van der Waals surface area contributed by atoms with Gasteiger partial charge in [-0.25, -0.2) is 0 Å². The normalized spacial score (nSPS) is 10.2. The highest BCUT2D eigenvalue weighted by atomic mass is 16.6. The van der Waals surface area contributed by atoms with Crippen LogP contribution in [0.4, 0.5) is 11.4 Å². The van der Waals surface area contributed by atoms with Gasteiger partial charge in [0.05, 0.1) is 11.5 Å². The predicted molar refractivity (Wildman–Crippen MR) is 72.0 cm³/mol. The lowest BCUT2D eigenvalue weighted by atomic mass is 10.2. The van der Waals surface area contributed by atoms with Crippen LogP contribution in [0.3, 0.4) is 0 Å². The Bertz CT molecular complexity index is 481. The lowest BCUT2D eigenvalue weighted by molar-refractivity contribution is -0.385. The molecule has 6 nitrogen and oxygen atoms in total. The van der Waals surface area contributed by atoms with Crippen LogP contribution in [0.25, 0.3) is 0 Å². The summed E-state index contributed by atoms with van der Waals surface area (Å²) in [6.07, 6.45) is 0. The van der Waals surface area contributed by atoms with Crippen molar-refractivity contribution >= 4 is 11.4 Å². The fourth-order valence-corrected chi connectivity index (χ4v) is 1.48. The molecule has 0 unspecified atom stereocenters. The van der Waals surface area contributed by atoms with Crippen LogP contribution < -0.4 is 5.32 Å². The zero-order valence-electron chi connectivity index (χ0n) is 11.0. The summed E-state index contributed by atoms with van der Waals surface area (Å²) in [5.74, 6) is 0.490. The van der Waals surface area contributed by atoms with Crippen LogP contribution in [0, 0.1) is 27.4 Å². The number of hydrogen-bond donors (Lipinski definition) is 1. The Kier molecular flexibility index (Phi) is 5.76. The van der Waals surface area contributed by atoms with E-state index in [1.54, 1.807) is 6.07 Å². The third kappa shape index (κ3) is 4.94. The minimum absolute atomic E-state index is 0.0538. The van der Waals surface area contributed by atoms with E-state index < -0.39 is 4.92 Å². The molecule has 0 bridgehead atoms. The first-order valence-electron chi connectivity index (χ1n) is 6.04. The van der Waals surface area contributed by atoms with Crippen molar-refractivity contribution in [3.63, 3.8) is 0 Å². The van der Waals surface area contributed by atoms with Gasteiger partial charge in [0.2, 0.25) is 0 Å². The third-order valence-corrected chi connectivity index (χ3v) is 2.34. The molecular formula is C13H17N3O3. The summed E-state index contributed by atoms with van der Waals surface area (Å²) in [7, 11) is 0. The van der Waals surface area contributed by atoms with Gasteiger partial charge in [-0.3, -0.25) is 10.1 Å². The maximum Gasteiger partial charge on any atom is 0.287 e. The summed E-state index contributed by atoms with van der Waals surface area (Å²) < 4.78 is 5.40. The second kappa shape index (κ2) is 7.34. The number of benzene rings is 1. The molecule has 6 heteroatoms. The van der Waals surface area contributed by atoms with Gasteiger partial charge in [-0.15, -0.1) is 0 Å². The molecule has 0 fully saturated rings. The summed E-state index contributed by atoms with van der Waals surface area (Å²) >= 11 is 0. The van der Waals surface area contributed by atoms with Gasteiger partial charge in [0.15, 0.2) is 0 Å². The van der Waals surface area contributed by atoms with Crippen LogP contribution in [0.5, 0.6) is 0 Å². The van der Waals surface area contributed by atoms with E-state index in [0.29, 0.717) is 31.4 Å². The smallest absolute Gasteiger partial charge is 0.287 e. The number of nitro benzene ring substituents is 1. The molecule has 1 aromatic rings. The van der Waals surface area contributed by atoms with Crippen molar-refractivity contribution in [3.8, 4) is 6.07 Å². The van der Waals surface area contributed by atoms with Crippen molar-refractivity contribution in [2.75, 3.05) is 25.1 Å². The Labute approximate surface area is 112 Å². The van der Waals surface area contributed by atoms with E-state index in [9.17, 15) is 10.1 Å². The maximum atomic E-state index is 10.7. The van der Waals surface area contributed by atoms with Crippen molar-refractivity contribution in [1.29, 1.82) is 5.26 Å². The molecular weight excluding hydrogens is 246 g/mol. The van der Waals surface area contributed by atoms with Crippen molar-refractivity contribution < 1.29 is 9.66 Å². The monoisotopic (exact) mass is 263 g/mol. The molecule has 0 heterocycles. The molecule has 0 amide bonds. The van der Waals surface area contributed by atoms with Crippen LogP contribution >= 0.6 is 0 Å². The van der Waals surface area contributed by atoms with Gasteiger partial charge in [0.1, 0.15) is 11.6 Å². The zero-order valence-corrected chi connectivity index (χ0v) is 11.0. The first kappa shape index (κ1) is 14.9. The largest absolute Gasteiger partial charge is 0.383 e. The van der Waals surface area contributed by atoms with Gasteiger partial charge in [-0.2, -0.15) is 5.26 Å². The topological polar surface area (TPSA) is 88.2 Å². The van der Waals surface area contributed by atoms with Crippen LogP contribution in [0.1, 0.15) is 19.4 Å². The SMILES string of the molecule is CC(C)COCCNc1ccc([N+](=O)[O-])c(C#N)c1. The molecule has 0 saturated heterocycles. The molecule has 1 aromatic carbocycles. The number of nitrogens with zero attached hydrogens (tertiary/aromatic N) is 2. The lowest BCUT2D eigenvalue weighted by Gasteiger charge is -2.09. The molecule has 0 aromatic heterocycles. The lowest BCUT2D eigenvalue weighted by Crippen LogP contribution is -2.12. The average Bonchev–Trinajstić information content (AvgIpc) is 2.37. The Morgan fingerprint density at radius 1 is 1.53 bits per heavy atom. The Hall–Kier alpha value is -2.13. The van der Waals surface area contributed by atoms with Crippen molar-refractivity contribution in [2.24, 2.45) is 5.92 Å². The van der Waals surface area contributed by atoms with E-state index in [2.05, 4.69) is 19.2 Å². The van der Waals surface area contributed by atoms with Gasteiger partial charge >= 0.3 is 0 Å². The Morgan fingerprint density at radius 2 is 2.26 bits per heavy atom. The minimum Gasteiger partial charge on any atom is -0.383 e. The maximum absolute atomic E-state index is 10.7. The predicted octanol–water partition coefficient (Wildman–Crippen LogP) is 2.55. The van der Waals surface area contributed by atoms with Gasteiger partial charge < -0.3 is 10.1 Å². The summed E-state index contributed by atoms with van der Waals surface area (Å²) in [6, 6.07) is 6.21. The number of anilines is 1. The number of ether oxygens (including phenoxy) is 1.